The molecule has 0 amide bonds. The molecule has 0 heterocycles. The third kappa shape index (κ3) is 5.34. The number of nitro groups is 2. The minimum absolute atomic E-state index is 0.100. The Bertz CT molecular complexity index is 773. The largest absolute Gasteiger partial charge is 0.308 e. The fourth-order valence-electron chi connectivity index (χ4n) is 3.68. The lowest BCUT2D eigenvalue weighted by Crippen LogP contribution is -2.49. The summed E-state index contributed by atoms with van der Waals surface area (Å²) < 4.78 is 0. The fraction of sp³-hybridized carbons (Fsp3) is 0.400. The summed E-state index contributed by atoms with van der Waals surface area (Å²) in [5.41, 5.74) is 1.97. The lowest BCUT2D eigenvalue weighted by Gasteiger charge is -2.33. The number of non-ortho nitro benzene ring substituents is 2. The number of hydrogen-bond acceptors (Lipinski definition) is 6. The highest BCUT2D eigenvalue weighted by Gasteiger charge is 2.24. The van der Waals surface area contributed by atoms with Crippen molar-refractivity contribution in [1.29, 1.82) is 0 Å². The van der Waals surface area contributed by atoms with Gasteiger partial charge in [-0.05, 0) is 24.0 Å². The maximum atomic E-state index is 10.9. The molecule has 8 nitrogen and oxygen atoms in total. The zero-order chi connectivity index (χ0) is 19.9. The second-order valence-corrected chi connectivity index (χ2v) is 7.11. The average Bonchev–Trinajstić information content (AvgIpc) is 2.71. The summed E-state index contributed by atoms with van der Waals surface area (Å²) in [6.07, 6.45) is 4.34. The van der Waals surface area contributed by atoms with Crippen LogP contribution in [0.15, 0.2) is 48.5 Å². The summed E-state index contributed by atoms with van der Waals surface area (Å²) in [5.74, 6) is 0. The predicted octanol–water partition coefficient (Wildman–Crippen LogP) is 3.69. The van der Waals surface area contributed by atoms with E-state index in [-0.39, 0.29) is 33.3 Å². The molecule has 2 N–H and O–H groups in total. The van der Waals surface area contributed by atoms with Crippen molar-refractivity contribution in [3.63, 3.8) is 0 Å². The second-order valence-electron chi connectivity index (χ2n) is 7.11. The lowest BCUT2D eigenvalue weighted by molar-refractivity contribution is -0.385. The van der Waals surface area contributed by atoms with Crippen molar-refractivity contribution in [2.75, 3.05) is 0 Å². The molecule has 0 aliphatic heterocycles. The van der Waals surface area contributed by atoms with Crippen LogP contribution < -0.4 is 10.6 Å². The summed E-state index contributed by atoms with van der Waals surface area (Å²) in [7, 11) is 0. The first-order chi connectivity index (χ1) is 13.5. The van der Waals surface area contributed by atoms with E-state index in [0.717, 1.165) is 36.8 Å². The van der Waals surface area contributed by atoms with Crippen molar-refractivity contribution in [3.05, 3.63) is 79.9 Å². The molecule has 0 aromatic heterocycles. The molecular weight excluding hydrogens is 360 g/mol. The number of nitro benzene ring substituents is 2. The number of nitrogens with one attached hydrogen (secondary N) is 2. The highest BCUT2D eigenvalue weighted by Crippen LogP contribution is 2.21. The smallest absolute Gasteiger partial charge is 0.269 e. The topological polar surface area (TPSA) is 110 Å². The lowest BCUT2D eigenvalue weighted by atomic mass is 9.90. The maximum absolute atomic E-state index is 10.9. The molecule has 2 aromatic rings. The molecule has 148 valence electrons. The highest BCUT2D eigenvalue weighted by atomic mass is 16.6. The first kappa shape index (κ1) is 19.9. The molecule has 0 unspecified atom stereocenters. The standard InChI is InChI=1S/C20H24N4O4/c25-23(26)17-7-3-5-15(11-17)13-21-19-9-1-2-10-20(19)22-14-16-6-4-8-18(12-16)24(27)28/h3-8,11-12,19-22H,1-2,9-10,13-14H2/t19-,20-/m1/s1. The summed E-state index contributed by atoms with van der Waals surface area (Å²) in [6, 6.07) is 13.9. The van der Waals surface area contributed by atoms with Gasteiger partial charge in [-0.3, -0.25) is 20.2 Å². The van der Waals surface area contributed by atoms with Crippen LogP contribution in [0.25, 0.3) is 0 Å². The van der Waals surface area contributed by atoms with Crippen LogP contribution in [0.1, 0.15) is 36.8 Å². The van der Waals surface area contributed by atoms with E-state index in [1.165, 1.54) is 12.1 Å². The van der Waals surface area contributed by atoms with Gasteiger partial charge in [-0.1, -0.05) is 37.1 Å². The summed E-state index contributed by atoms with van der Waals surface area (Å²) in [6.45, 7) is 1.14. The van der Waals surface area contributed by atoms with Gasteiger partial charge in [0.1, 0.15) is 0 Å². The first-order valence-electron chi connectivity index (χ1n) is 9.46. The van der Waals surface area contributed by atoms with Crippen molar-refractivity contribution >= 4 is 11.4 Å². The van der Waals surface area contributed by atoms with Crippen molar-refractivity contribution in [3.8, 4) is 0 Å². The monoisotopic (exact) mass is 384 g/mol. The minimum atomic E-state index is -0.381. The van der Waals surface area contributed by atoms with Gasteiger partial charge in [-0.15, -0.1) is 0 Å². The zero-order valence-electron chi connectivity index (χ0n) is 15.5. The Kier molecular flexibility index (Phi) is 6.67. The maximum Gasteiger partial charge on any atom is 0.269 e. The number of benzene rings is 2. The molecule has 1 fully saturated rings. The van der Waals surface area contributed by atoms with Gasteiger partial charge in [0.2, 0.25) is 0 Å². The molecule has 28 heavy (non-hydrogen) atoms. The molecule has 1 aliphatic rings. The molecule has 0 bridgehead atoms. The molecule has 8 heteroatoms. The van der Waals surface area contributed by atoms with Crippen molar-refractivity contribution in [1.82, 2.24) is 10.6 Å². The summed E-state index contributed by atoms with van der Waals surface area (Å²) >= 11 is 0. The van der Waals surface area contributed by atoms with E-state index in [1.807, 2.05) is 12.1 Å². The second kappa shape index (κ2) is 9.38. The molecule has 0 radical (unpaired) electrons. The number of hydrogen-bond donors (Lipinski definition) is 2. The number of nitrogens with zero attached hydrogens (tertiary/aromatic N) is 2. The van der Waals surface area contributed by atoms with Crippen LogP contribution in [0, 0.1) is 20.2 Å². The Balaban J connectivity index is 1.58. The van der Waals surface area contributed by atoms with E-state index in [9.17, 15) is 20.2 Å². The van der Waals surface area contributed by atoms with E-state index in [2.05, 4.69) is 10.6 Å². The molecule has 2 aromatic carbocycles. The fourth-order valence-corrected chi connectivity index (χ4v) is 3.68. The third-order valence-electron chi connectivity index (χ3n) is 5.15. The molecule has 1 saturated carbocycles. The third-order valence-corrected chi connectivity index (χ3v) is 5.15. The summed E-state index contributed by atoms with van der Waals surface area (Å²) in [4.78, 5) is 21.1. The Hall–Kier alpha value is -2.84. The molecule has 0 spiro atoms. The number of rotatable bonds is 8. The SMILES string of the molecule is O=[N+]([O-])c1cccc(CN[C@@H]2CCCC[C@H]2NCc2cccc([N+](=O)[O-])c2)c1. The molecule has 1 aliphatic carbocycles. The van der Waals surface area contributed by atoms with Gasteiger partial charge >= 0.3 is 0 Å². The van der Waals surface area contributed by atoms with Crippen molar-refractivity contribution < 1.29 is 9.85 Å². The Morgan fingerprint density at radius 2 is 1.21 bits per heavy atom. The van der Waals surface area contributed by atoms with Gasteiger partial charge in [0.05, 0.1) is 9.85 Å². The normalized spacial score (nSPS) is 19.3. The Morgan fingerprint density at radius 3 is 1.61 bits per heavy atom. The quantitative estimate of drug-likeness (QED) is 0.530. The minimum Gasteiger partial charge on any atom is -0.308 e. The van der Waals surface area contributed by atoms with Crippen LogP contribution in [0.3, 0.4) is 0 Å². The predicted molar refractivity (Wildman–Crippen MR) is 106 cm³/mol. The van der Waals surface area contributed by atoms with Gasteiger partial charge < -0.3 is 10.6 Å². The van der Waals surface area contributed by atoms with Gasteiger partial charge in [0.25, 0.3) is 11.4 Å². The average molecular weight is 384 g/mol. The van der Waals surface area contributed by atoms with Crippen molar-refractivity contribution in [2.24, 2.45) is 0 Å². The van der Waals surface area contributed by atoms with Gasteiger partial charge in [0, 0.05) is 49.4 Å². The van der Waals surface area contributed by atoms with Crippen molar-refractivity contribution in [2.45, 2.75) is 50.9 Å². The molecular formula is C20H24N4O4. The van der Waals surface area contributed by atoms with Crippen LogP contribution in [0.4, 0.5) is 11.4 Å². The van der Waals surface area contributed by atoms with E-state index in [1.54, 1.807) is 24.3 Å². The van der Waals surface area contributed by atoms with Gasteiger partial charge in [-0.25, -0.2) is 0 Å². The zero-order valence-corrected chi connectivity index (χ0v) is 15.5. The summed E-state index contributed by atoms with van der Waals surface area (Å²) in [5, 5.41) is 28.9. The van der Waals surface area contributed by atoms with E-state index >= 15 is 0 Å². The molecule has 2 atom stereocenters. The van der Waals surface area contributed by atoms with E-state index in [4.69, 9.17) is 0 Å². The van der Waals surface area contributed by atoms with Gasteiger partial charge in [0.15, 0.2) is 0 Å². The van der Waals surface area contributed by atoms with Crippen LogP contribution in [-0.2, 0) is 13.1 Å². The van der Waals surface area contributed by atoms with E-state index in [0.29, 0.717) is 13.1 Å². The first-order valence-corrected chi connectivity index (χ1v) is 9.46. The van der Waals surface area contributed by atoms with Crippen LogP contribution >= 0.6 is 0 Å². The van der Waals surface area contributed by atoms with Gasteiger partial charge in [-0.2, -0.15) is 0 Å². The Morgan fingerprint density at radius 1 is 0.786 bits per heavy atom. The van der Waals surface area contributed by atoms with Crippen LogP contribution in [-0.4, -0.2) is 21.9 Å². The molecule has 3 rings (SSSR count). The molecule has 0 saturated heterocycles. The Labute approximate surface area is 163 Å². The van der Waals surface area contributed by atoms with Crippen LogP contribution in [0.2, 0.25) is 0 Å². The highest BCUT2D eigenvalue weighted by molar-refractivity contribution is 5.35. The van der Waals surface area contributed by atoms with Crippen LogP contribution in [0.5, 0.6) is 0 Å². The van der Waals surface area contributed by atoms with E-state index < -0.39 is 0 Å².